The molecule has 3 aromatic rings. The molecule has 6 heteroatoms. The minimum atomic E-state index is -0.788. The number of para-hydroxylation sites is 1. The van der Waals surface area contributed by atoms with Gasteiger partial charge in [0.2, 0.25) is 0 Å². The number of rotatable bonds is 9. The molecule has 1 amide bonds. The number of carbonyl (C=O) groups excluding carboxylic acids is 2. The predicted octanol–water partition coefficient (Wildman–Crippen LogP) is 4.83. The summed E-state index contributed by atoms with van der Waals surface area (Å²) < 4.78 is 5.57. The summed E-state index contributed by atoms with van der Waals surface area (Å²) in [5, 5.41) is 12.9. The molecule has 0 aromatic heterocycles. The highest BCUT2D eigenvalue weighted by Gasteiger charge is 2.27. The van der Waals surface area contributed by atoms with Gasteiger partial charge in [-0.1, -0.05) is 48.5 Å². The summed E-state index contributed by atoms with van der Waals surface area (Å²) in [4.78, 5) is 26.0. The van der Waals surface area contributed by atoms with Crippen molar-refractivity contribution in [3.05, 3.63) is 95.1 Å². The predicted molar refractivity (Wildman–Crippen MR) is 138 cm³/mol. The Balaban J connectivity index is 1.73. The highest BCUT2D eigenvalue weighted by atomic mass is 16.6. The van der Waals surface area contributed by atoms with Crippen molar-refractivity contribution in [2.24, 2.45) is 0 Å². The molecule has 0 aliphatic heterocycles. The second-order valence-corrected chi connectivity index (χ2v) is 9.63. The molecule has 0 saturated heterocycles. The molecule has 1 atom stereocenters. The molecule has 0 fully saturated rings. The molecular weight excluding hydrogens is 440 g/mol. The molecule has 3 rings (SSSR count). The number of ether oxygens (including phenoxy) is 1. The monoisotopic (exact) mass is 474 g/mol. The van der Waals surface area contributed by atoms with Gasteiger partial charge in [0, 0.05) is 11.3 Å². The number of amides is 1. The van der Waals surface area contributed by atoms with Gasteiger partial charge in [-0.25, -0.2) is 4.79 Å². The second-order valence-electron chi connectivity index (χ2n) is 9.63. The Hall–Kier alpha value is -3.80. The van der Waals surface area contributed by atoms with Crippen molar-refractivity contribution in [2.75, 3.05) is 5.73 Å². The first-order valence-corrected chi connectivity index (χ1v) is 11.9. The Labute approximate surface area is 207 Å². The van der Waals surface area contributed by atoms with E-state index in [2.05, 4.69) is 5.32 Å². The lowest BCUT2D eigenvalue weighted by Gasteiger charge is -2.25. The fourth-order valence-electron chi connectivity index (χ4n) is 3.77. The Kier molecular flexibility index (Phi) is 8.53. The van der Waals surface area contributed by atoms with Gasteiger partial charge in [0.25, 0.3) is 5.91 Å². The van der Waals surface area contributed by atoms with Crippen molar-refractivity contribution in [1.82, 2.24) is 5.32 Å². The Morgan fingerprint density at radius 3 is 2.26 bits per heavy atom. The lowest BCUT2D eigenvalue weighted by Crippen LogP contribution is -2.44. The Bertz CT molecular complexity index is 1150. The van der Waals surface area contributed by atoms with E-state index in [0.29, 0.717) is 36.9 Å². The van der Waals surface area contributed by atoms with E-state index < -0.39 is 17.6 Å². The summed E-state index contributed by atoms with van der Waals surface area (Å²) in [7, 11) is 0. The molecule has 4 N–H and O–H groups in total. The molecule has 35 heavy (non-hydrogen) atoms. The number of benzene rings is 3. The summed E-state index contributed by atoms with van der Waals surface area (Å²) >= 11 is 0. The first-order valence-electron chi connectivity index (χ1n) is 11.9. The van der Waals surface area contributed by atoms with Crippen molar-refractivity contribution in [3.63, 3.8) is 0 Å². The number of hydrogen-bond acceptors (Lipinski definition) is 5. The van der Waals surface area contributed by atoms with Crippen LogP contribution in [0.2, 0.25) is 0 Å². The number of phenolic OH excluding ortho intramolecular Hbond substituents is 1. The van der Waals surface area contributed by atoms with E-state index in [1.165, 1.54) is 0 Å². The van der Waals surface area contributed by atoms with Gasteiger partial charge in [0.1, 0.15) is 17.4 Å². The number of esters is 1. The van der Waals surface area contributed by atoms with Crippen molar-refractivity contribution in [3.8, 4) is 5.75 Å². The standard InChI is InChI=1S/C29H34N2O4/c1-29(2,3)35-28(34)25(18-13-20-9-5-4-6-10-20)31-27(33)23-16-17-24(30)22(19-23)15-14-21-11-7-8-12-26(21)32/h4-12,16-17,19,25,32H,13-15,18,30H2,1-3H3,(H,31,33)/t25-/m0/s1. The van der Waals surface area contributed by atoms with Crippen molar-refractivity contribution < 1.29 is 19.4 Å². The van der Waals surface area contributed by atoms with Gasteiger partial charge in [-0.3, -0.25) is 4.79 Å². The van der Waals surface area contributed by atoms with Crippen molar-refractivity contribution in [1.29, 1.82) is 0 Å². The highest BCUT2D eigenvalue weighted by molar-refractivity contribution is 5.97. The molecule has 184 valence electrons. The molecule has 0 aliphatic rings. The molecular formula is C29H34N2O4. The van der Waals surface area contributed by atoms with E-state index in [1.54, 1.807) is 51.1 Å². The highest BCUT2D eigenvalue weighted by Crippen LogP contribution is 2.22. The average molecular weight is 475 g/mol. The molecule has 3 aromatic carbocycles. The zero-order valence-electron chi connectivity index (χ0n) is 20.6. The van der Waals surface area contributed by atoms with Crippen LogP contribution in [0.25, 0.3) is 0 Å². The number of phenols is 1. The number of aromatic hydroxyl groups is 1. The molecule has 0 radical (unpaired) electrons. The van der Waals surface area contributed by atoms with Gasteiger partial charge in [-0.05, 0) is 87.4 Å². The quantitative estimate of drug-likeness (QED) is 0.304. The van der Waals surface area contributed by atoms with Crippen LogP contribution in [0.5, 0.6) is 5.75 Å². The first-order chi connectivity index (χ1) is 16.6. The zero-order valence-corrected chi connectivity index (χ0v) is 20.6. The topological polar surface area (TPSA) is 102 Å². The fraction of sp³-hybridized carbons (Fsp3) is 0.310. The van der Waals surface area contributed by atoms with E-state index >= 15 is 0 Å². The Morgan fingerprint density at radius 2 is 1.57 bits per heavy atom. The summed E-state index contributed by atoms with van der Waals surface area (Å²) in [6, 6.07) is 21.3. The van der Waals surface area contributed by atoms with Crippen LogP contribution in [0.4, 0.5) is 5.69 Å². The lowest BCUT2D eigenvalue weighted by atomic mass is 9.99. The normalized spacial score (nSPS) is 12.1. The lowest BCUT2D eigenvalue weighted by molar-refractivity contribution is -0.157. The van der Waals surface area contributed by atoms with Crippen LogP contribution in [0.1, 0.15) is 54.2 Å². The number of carbonyl (C=O) groups is 2. The molecule has 0 spiro atoms. The van der Waals surface area contributed by atoms with Crippen LogP contribution >= 0.6 is 0 Å². The van der Waals surface area contributed by atoms with Gasteiger partial charge >= 0.3 is 5.97 Å². The summed E-state index contributed by atoms with van der Waals surface area (Å²) in [6.45, 7) is 5.41. The third-order valence-corrected chi connectivity index (χ3v) is 5.62. The van der Waals surface area contributed by atoms with Crippen LogP contribution in [0, 0.1) is 0 Å². The molecule has 0 unspecified atom stereocenters. The van der Waals surface area contributed by atoms with E-state index in [4.69, 9.17) is 10.5 Å². The van der Waals surface area contributed by atoms with E-state index in [0.717, 1.165) is 16.7 Å². The Morgan fingerprint density at radius 1 is 0.914 bits per heavy atom. The first kappa shape index (κ1) is 25.8. The minimum Gasteiger partial charge on any atom is -0.508 e. The van der Waals surface area contributed by atoms with Crippen LogP contribution < -0.4 is 11.1 Å². The van der Waals surface area contributed by atoms with E-state index in [-0.39, 0.29) is 11.7 Å². The van der Waals surface area contributed by atoms with Gasteiger partial charge in [0.15, 0.2) is 0 Å². The number of anilines is 1. The third kappa shape index (κ3) is 7.88. The minimum absolute atomic E-state index is 0.235. The zero-order chi connectivity index (χ0) is 25.4. The number of nitrogen functional groups attached to an aromatic ring is 1. The fourth-order valence-corrected chi connectivity index (χ4v) is 3.77. The largest absolute Gasteiger partial charge is 0.508 e. The second kappa shape index (κ2) is 11.6. The van der Waals surface area contributed by atoms with Crippen molar-refractivity contribution in [2.45, 2.75) is 58.1 Å². The number of nitrogens with one attached hydrogen (secondary N) is 1. The van der Waals surface area contributed by atoms with Gasteiger partial charge < -0.3 is 20.9 Å². The van der Waals surface area contributed by atoms with Crippen LogP contribution in [-0.2, 0) is 28.8 Å². The number of nitrogens with two attached hydrogens (primary N) is 1. The third-order valence-electron chi connectivity index (χ3n) is 5.62. The van der Waals surface area contributed by atoms with Crippen LogP contribution in [-0.4, -0.2) is 28.6 Å². The van der Waals surface area contributed by atoms with Crippen LogP contribution in [0.15, 0.2) is 72.8 Å². The maximum atomic E-state index is 13.1. The number of aryl methyl sites for hydroxylation is 3. The maximum absolute atomic E-state index is 13.1. The van der Waals surface area contributed by atoms with Crippen LogP contribution in [0.3, 0.4) is 0 Å². The summed E-state index contributed by atoms with van der Waals surface area (Å²) in [5.41, 5.74) is 9.18. The molecule has 0 heterocycles. The van der Waals surface area contributed by atoms with Gasteiger partial charge in [-0.2, -0.15) is 0 Å². The SMILES string of the molecule is CC(C)(C)OC(=O)[C@H](CCc1ccccc1)NC(=O)c1ccc(N)c(CCc2ccccc2O)c1. The van der Waals surface area contributed by atoms with E-state index in [9.17, 15) is 14.7 Å². The summed E-state index contributed by atoms with van der Waals surface area (Å²) in [5.74, 6) is -0.590. The van der Waals surface area contributed by atoms with Gasteiger partial charge in [0.05, 0.1) is 0 Å². The van der Waals surface area contributed by atoms with Crippen molar-refractivity contribution >= 4 is 17.6 Å². The summed E-state index contributed by atoms with van der Waals surface area (Å²) in [6.07, 6.45) is 2.19. The van der Waals surface area contributed by atoms with Gasteiger partial charge in [-0.15, -0.1) is 0 Å². The molecule has 0 saturated carbocycles. The smallest absolute Gasteiger partial charge is 0.329 e. The van der Waals surface area contributed by atoms with E-state index in [1.807, 2.05) is 42.5 Å². The maximum Gasteiger partial charge on any atom is 0.329 e. The molecule has 0 bridgehead atoms. The molecule has 0 aliphatic carbocycles. The average Bonchev–Trinajstić information content (AvgIpc) is 2.81. The number of hydrogen-bond donors (Lipinski definition) is 3. The molecule has 6 nitrogen and oxygen atoms in total.